The SMILES string of the molecule is COC1C=CC(CNS(=O)(=O)c2cccc(C(F)(F)F)c2)(OC)O1. The molecule has 0 aromatic heterocycles. The zero-order valence-electron chi connectivity index (χ0n) is 12.8. The molecule has 1 heterocycles. The van der Waals surface area contributed by atoms with E-state index in [4.69, 9.17) is 14.2 Å². The fraction of sp³-hybridized carbons (Fsp3) is 0.429. The van der Waals surface area contributed by atoms with Gasteiger partial charge in [-0.25, -0.2) is 13.1 Å². The van der Waals surface area contributed by atoms with Gasteiger partial charge in [0.05, 0.1) is 17.0 Å². The molecule has 2 atom stereocenters. The highest BCUT2D eigenvalue weighted by Gasteiger charge is 2.37. The van der Waals surface area contributed by atoms with E-state index >= 15 is 0 Å². The summed E-state index contributed by atoms with van der Waals surface area (Å²) in [5.41, 5.74) is -1.05. The Bertz CT molecular complexity index is 719. The highest BCUT2D eigenvalue weighted by atomic mass is 32.2. The Morgan fingerprint density at radius 1 is 1.33 bits per heavy atom. The molecule has 24 heavy (non-hydrogen) atoms. The maximum absolute atomic E-state index is 12.7. The van der Waals surface area contributed by atoms with Crippen molar-refractivity contribution in [1.82, 2.24) is 4.72 Å². The maximum Gasteiger partial charge on any atom is 0.416 e. The van der Waals surface area contributed by atoms with E-state index in [0.29, 0.717) is 6.07 Å². The second kappa shape index (κ2) is 6.81. The highest BCUT2D eigenvalue weighted by molar-refractivity contribution is 7.89. The number of nitrogens with one attached hydrogen (secondary N) is 1. The van der Waals surface area contributed by atoms with Crippen LogP contribution in [0.2, 0.25) is 0 Å². The molecule has 1 N–H and O–H groups in total. The molecule has 1 aliphatic heterocycles. The molecule has 0 amide bonds. The lowest BCUT2D eigenvalue weighted by Crippen LogP contribution is -2.44. The van der Waals surface area contributed by atoms with Crippen molar-refractivity contribution in [2.24, 2.45) is 0 Å². The first-order chi connectivity index (χ1) is 11.1. The number of hydrogen-bond donors (Lipinski definition) is 1. The number of ether oxygens (including phenoxy) is 3. The molecule has 1 aromatic carbocycles. The van der Waals surface area contributed by atoms with Crippen molar-refractivity contribution in [3.05, 3.63) is 42.0 Å². The average Bonchev–Trinajstić information content (AvgIpc) is 2.97. The first-order valence-corrected chi connectivity index (χ1v) is 8.22. The van der Waals surface area contributed by atoms with Crippen molar-refractivity contribution in [2.45, 2.75) is 23.1 Å². The van der Waals surface area contributed by atoms with Gasteiger partial charge in [-0.3, -0.25) is 0 Å². The van der Waals surface area contributed by atoms with Gasteiger partial charge in [0.15, 0.2) is 6.29 Å². The van der Waals surface area contributed by atoms with Crippen molar-refractivity contribution in [3.8, 4) is 0 Å². The maximum atomic E-state index is 12.7. The summed E-state index contributed by atoms with van der Waals surface area (Å²) in [5.74, 6) is -1.39. The highest BCUT2D eigenvalue weighted by Crippen LogP contribution is 2.30. The summed E-state index contributed by atoms with van der Waals surface area (Å²) in [6, 6.07) is 3.45. The summed E-state index contributed by atoms with van der Waals surface area (Å²) in [5, 5.41) is 0. The van der Waals surface area contributed by atoms with Crippen LogP contribution in [0.1, 0.15) is 5.56 Å². The van der Waals surface area contributed by atoms with Gasteiger partial charge in [0, 0.05) is 14.2 Å². The van der Waals surface area contributed by atoms with E-state index in [1.165, 1.54) is 26.4 Å². The molecule has 0 saturated heterocycles. The fourth-order valence-electron chi connectivity index (χ4n) is 2.03. The molecule has 0 radical (unpaired) electrons. The Balaban J connectivity index is 2.16. The van der Waals surface area contributed by atoms with Gasteiger partial charge in [-0.05, 0) is 30.4 Å². The monoisotopic (exact) mass is 367 g/mol. The minimum atomic E-state index is -4.64. The predicted octanol–water partition coefficient (Wildman–Crippen LogP) is 1.89. The molecule has 0 spiro atoms. The van der Waals surface area contributed by atoms with Crippen molar-refractivity contribution >= 4 is 10.0 Å². The second-order valence-corrected chi connectivity index (χ2v) is 6.71. The van der Waals surface area contributed by atoms with E-state index in [1.54, 1.807) is 0 Å². The van der Waals surface area contributed by atoms with Crippen LogP contribution >= 0.6 is 0 Å². The number of methoxy groups -OCH3 is 2. The van der Waals surface area contributed by atoms with E-state index in [0.717, 1.165) is 18.2 Å². The molecule has 10 heteroatoms. The zero-order valence-corrected chi connectivity index (χ0v) is 13.6. The van der Waals surface area contributed by atoms with Gasteiger partial charge in [0.25, 0.3) is 0 Å². The standard InChI is InChI=1S/C14H16F3NO5S/c1-21-12-6-7-13(22-2,23-12)9-18-24(19,20)11-5-3-4-10(8-11)14(15,16)17/h3-8,12,18H,9H2,1-2H3. The van der Waals surface area contributed by atoms with Crippen LogP contribution in [-0.2, 0) is 30.4 Å². The molecule has 2 rings (SSSR count). The van der Waals surface area contributed by atoms with Crippen LogP contribution in [0.3, 0.4) is 0 Å². The van der Waals surface area contributed by atoms with Crippen LogP contribution in [0, 0.1) is 0 Å². The summed E-state index contributed by atoms with van der Waals surface area (Å²) in [4.78, 5) is -0.506. The molecular formula is C14H16F3NO5S. The summed E-state index contributed by atoms with van der Waals surface area (Å²) in [6.45, 7) is -0.335. The van der Waals surface area contributed by atoms with E-state index in [9.17, 15) is 21.6 Å². The Kier molecular flexibility index (Phi) is 5.35. The van der Waals surface area contributed by atoms with Gasteiger partial charge >= 0.3 is 6.18 Å². The summed E-state index contributed by atoms with van der Waals surface area (Å²) >= 11 is 0. The molecule has 0 aliphatic carbocycles. The summed E-state index contributed by atoms with van der Waals surface area (Å²) in [7, 11) is -1.48. The van der Waals surface area contributed by atoms with Gasteiger partial charge in [0.1, 0.15) is 0 Å². The van der Waals surface area contributed by atoms with Crippen LogP contribution in [0.5, 0.6) is 0 Å². The van der Waals surface area contributed by atoms with E-state index in [2.05, 4.69) is 4.72 Å². The fourth-order valence-corrected chi connectivity index (χ4v) is 3.13. The van der Waals surface area contributed by atoms with Crippen molar-refractivity contribution in [1.29, 1.82) is 0 Å². The van der Waals surface area contributed by atoms with Gasteiger partial charge in [-0.15, -0.1) is 0 Å². The first-order valence-electron chi connectivity index (χ1n) is 6.74. The molecule has 2 unspecified atom stereocenters. The smallest absolute Gasteiger partial charge is 0.352 e. The third-order valence-electron chi connectivity index (χ3n) is 3.38. The van der Waals surface area contributed by atoms with Gasteiger partial charge in [0.2, 0.25) is 15.8 Å². The first kappa shape index (κ1) is 18.9. The summed E-state index contributed by atoms with van der Waals surface area (Å²) < 4.78 is 80.3. The third-order valence-corrected chi connectivity index (χ3v) is 4.78. The number of sulfonamides is 1. The Morgan fingerprint density at radius 2 is 2.04 bits per heavy atom. The van der Waals surface area contributed by atoms with Gasteiger partial charge in [-0.1, -0.05) is 6.07 Å². The molecule has 0 fully saturated rings. The van der Waals surface area contributed by atoms with Crippen LogP contribution < -0.4 is 4.72 Å². The van der Waals surface area contributed by atoms with E-state index < -0.39 is 38.7 Å². The number of rotatable bonds is 6. The Morgan fingerprint density at radius 3 is 2.58 bits per heavy atom. The molecule has 0 saturated carbocycles. The topological polar surface area (TPSA) is 73.9 Å². The molecule has 134 valence electrons. The van der Waals surface area contributed by atoms with Crippen LogP contribution in [0.4, 0.5) is 13.2 Å². The quantitative estimate of drug-likeness (QED) is 0.778. The number of halogens is 3. The van der Waals surface area contributed by atoms with Crippen LogP contribution in [-0.4, -0.2) is 41.3 Å². The molecule has 1 aromatic rings. The van der Waals surface area contributed by atoms with Crippen molar-refractivity contribution < 1.29 is 35.8 Å². The number of hydrogen-bond acceptors (Lipinski definition) is 5. The molecular weight excluding hydrogens is 351 g/mol. The Labute approximate surface area is 137 Å². The molecule has 6 nitrogen and oxygen atoms in total. The lowest BCUT2D eigenvalue weighted by atomic mass is 10.2. The lowest BCUT2D eigenvalue weighted by molar-refractivity contribution is -0.237. The zero-order chi connectivity index (χ0) is 18.0. The van der Waals surface area contributed by atoms with E-state index in [-0.39, 0.29) is 6.54 Å². The molecule has 0 bridgehead atoms. The van der Waals surface area contributed by atoms with Gasteiger partial charge in [-0.2, -0.15) is 13.2 Å². The Hall–Kier alpha value is -1.46. The largest absolute Gasteiger partial charge is 0.416 e. The van der Waals surface area contributed by atoms with Crippen molar-refractivity contribution in [2.75, 3.05) is 20.8 Å². The summed E-state index contributed by atoms with van der Waals surface area (Å²) in [6.07, 6.45) is -2.34. The minimum Gasteiger partial charge on any atom is -0.352 e. The second-order valence-electron chi connectivity index (χ2n) is 4.95. The minimum absolute atomic E-state index is 0.335. The normalized spacial score (nSPS) is 24.5. The van der Waals surface area contributed by atoms with Crippen LogP contribution in [0.25, 0.3) is 0 Å². The average molecular weight is 367 g/mol. The van der Waals surface area contributed by atoms with Gasteiger partial charge < -0.3 is 14.2 Å². The van der Waals surface area contributed by atoms with Crippen molar-refractivity contribution in [3.63, 3.8) is 0 Å². The third kappa shape index (κ3) is 4.14. The number of alkyl halides is 3. The lowest BCUT2D eigenvalue weighted by Gasteiger charge is -2.27. The van der Waals surface area contributed by atoms with Crippen LogP contribution in [0.15, 0.2) is 41.3 Å². The molecule has 1 aliphatic rings. The predicted molar refractivity (Wildman–Crippen MR) is 77.4 cm³/mol. The number of benzene rings is 1. The van der Waals surface area contributed by atoms with E-state index in [1.807, 2.05) is 0 Å².